The largest absolute Gasteiger partial charge is 0.497 e. The number of hydrogen-bond donors (Lipinski definition) is 1. The van der Waals surface area contributed by atoms with Gasteiger partial charge in [-0.1, -0.05) is 29.5 Å². The van der Waals surface area contributed by atoms with E-state index in [4.69, 9.17) is 4.74 Å². The van der Waals surface area contributed by atoms with Crippen molar-refractivity contribution in [2.45, 2.75) is 31.0 Å². The first-order chi connectivity index (χ1) is 15.1. The number of anilines is 1. The van der Waals surface area contributed by atoms with Crippen molar-refractivity contribution in [3.63, 3.8) is 0 Å². The number of amides is 1. The predicted octanol–water partition coefficient (Wildman–Crippen LogP) is 3.46. The highest BCUT2D eigenvalue weighted by Gasteiger charge is 2.21. The Labute approximate surface area is 186 Å². The zero-order valence-corrected chi connectivity index (χ0v) is 18.6. The predicted molar refractivity (Wildman–Crippen MR) is 123 cm³/mol. The Hall–Kier alpha value is -3.00. The number of nitrogens with one attached hydrogen (secondary N) is 1. The van der Waals surface area contributed by atoms with Gasteiger partial charge in [0, 0.05) is 30.5 Å². The molecule has 2 heterocycles. The second-order valence-electron chi connectivity index (χ2n) is 7.63. The van der Waals surface area contributed by atoms with Crippen LogP contribution in [0.2, 0.25) is 0 Å². The fraction of sp³-hybridized carbons (Fsp3) is 0.348. The minimum atomic E-state index is 0.0337. The van der Waals surface area contributed by atoms with Crippen molar-refractivity contribution in [3.05, 3.63) is 60.4 Å². The van der Waals surface area contributed by atoms with Gasteiger partial charge in [-0.3, -0.25) is 9.36 Å². The van der Waals surface area contributed by atoms with E-state index in [-0.39, 0.29) is 11.9 Å². The summed E-state index contributed by atoms with van der Waals surface area (Å²) in [5.41, 5.74) is 3.38. The summed E-state index contributed by atoms with van der Waals surface area (Å²) < 4.78 is 7.13. The molecule has 8 heteroatoms. The summed E-state index contributed by atoms with van der Waals surface area (Å²) in [6, 6.07) is 16.5. The van der Waals surface area contributed by atoms with Gasteiger partial charge in [0.2, 0.25) is 5.91 Å². The van der Waals surface area contributed by atoms with E-state index in [0.717, 1.165) is 37.4 Å². The highest BCUT2D eigenvalue weighted by molar-refractivity contribution is 7.99. The summed E-state index contributed by atoms with van der Waals surface area (Å²) in [4.78, 5) is 14.9. The van der Waals surface area contributed by atoms with E-state index in [9.17, 15) is 4.79 Å². The molecule has 7 nitrogen and oxygen atoms in total. The van der Waals surface area contributed by atoms with E-state index in [2.05, 4.69) is 51.6 Å². The average Bonchev–Trinajstić information content (AvgIpc) is 3.27. The zero-order chi connectivity index (χ0) is 21.6. The van der Waals surface area contributed by atoms with Gasteiger partial charge in [0.05, 0.1) is 12.9 Å². The third-order valence-electron chi connectivity index (χ3n) is 5.46. The normalized spacial score (nSPS) is 14.5. The molecule has 1 aliphatic rings. The molecule has 3 aromatic rings. The molecule has 31 heavy (non-hydrogen) atoms. The van der Waals surface area contributed by atoms with Gasteiger partial charge in [-0.15, -0.1) is 10.2 Å². The number of carbonyl (C=O) groups is 1. The lowest BCUT2D eigenvalue weighted by Gasteiger charge is -2.34. The minimum Gasteiger partial charge on any atom is -0.497 e. The maximum atomic E-state index is 12.5. The van der Waals surface area contributed by atoms with Crippen molar-refractivity contribution in [2.75, 3.05) is 30.9 Å². The van der Waals surface area contributed by atoms with Gasteiger partial charge in [0.1, 0.15) is 12.1 Å². The Morgan fingerprint density at radius 2 is 1.77 bits per heavy atom. The van der Waals surface area contributed by atoms with Crippen LogP contribution in [-0.2, 0) is 4.79 Å². The van der Waals surface area contributed by atoms with Crippen molar-refractivity contribution in [1.29, 1.82) is 0 Å². The van der Waals surface area contributed by atoms with Crippen LogP contribution < -0.4 is 15.0 Å². The number of rotatable bonds is 7. The van der Waals surface area contributed by atoms with Crippen LogP contribution in [0.3, 0.4) is 0 Å². The van der Waals surface area contributed by atoms with Crippen LogP contribution in [0.1, 0.15) is 18.4 Å². The smallest absolute Gasteiger partial charge is 0.230 e. The second-order valence-corrected chi connectivity index (χ2v) is 8.58. The summed E-state index contributed by atoms with van der Waals surface area (Å²) >= 11 is 1.41. The zero-order valence-electron chi connectivity index (χ0n) is 17.8. The summed E-state index contributed by atoms with van der Waals surface area (Å²) in [5, 5.41) is 12.1. The molecule has 0 unspecified atom stereocenters. The minimum absolute atomic E-state index is 0.0337. The van der Waals surface area contributed by atoms with E-state index in [1.807, 2.05) is 28.8 Å². The number of thioether (sulfide) groups is 1. The molecular weight excluding hydrogens is 410 g/mol. The molecule has 1 fully saturated rings. The highest BCUT2D eigenvalue weighted by Crippen LogP contribution is 2.23. The topological polar surface area (TPSA) is 72.3 Å². The van der Waals surface area contributed by atoms with Crippen LogP contribution in [-0.4, -0.2) is 52.7 Å². The van der Waals surface area contributed by atoms with E-state index in [0.29, 0.717) is 10.9 Å². The Morgan fingerprint density at radius 3 is 2.45 bits per heavy atom. The van der Waals surface area contributed by atoms with Crippen molar-refractivity contribution in [2.24, 2.45) is 0 Å². The van der Waals surface area contributed by atoms with Gasteiger partial charge in [0.25, 0.3) is 0 Å². The summed E-state index contributed by atoms with van der Waals surface area (Å²) in [5.74, 6) is 1.22. The molecule has 2 aromatic carbocycles. The lowest BCUT2D eigenvalue weighted by Crippen LogP contribution is -2.45. The molecule has 0 bridgehead atoms. The summed E-state index contributed by atoms with van der Waals surface area (Å²) in [6.07, 6.45) is 3.55. The van der Waals surface area contributed by atoms with Crippen molar-refractivity contribution in [1.82, 2.24) is 20.1 Å². The van der Waals surface area contributed by atoms with Crippen LogP contribution in [0.4, 0.5) is 5.69 Å². The molecule has 1 N–H and O–H groups in total. The lowest BCUT2D eigenvalue weighted by molar-refractivity contribution is -0.119. The van der Waals surface area contributed by atoms with Crippen LogP contribution in [0.15, 0.2) is 60.0 Å². The molecule has 1 amide bonds. The highest BCUT2D eigenvalue weighted by atomic mass is 32.2. The fourth-order valence-electron chi connectivity index (χ4n) is 3.68. The van der Waals surface area contributed by atoms with E-state index < -0.39 is 0 Å². The van der Waals surface area contributed by atoms with E-state index >= 15 is 0 Å². The molecule has 1 aliphatic heterocycles. The Balaban J connectivity index is 1.25. The van der Waals surface area contributed by atoms with Crippen molar-refractivity contribution >= 4 is 23.4 Å². The molecular formula is C23H27N5O2S. The molecule has 0 aliphatic carbocycles. The number of nitrogens with zero attached hydrogens (tertiary/aromatic N) is 4. The molecule has 0 radical (unpaired) electrons. The molecule has 1 saturated heterocycles. The second kappa shape index (κ2) is 9.87. The Morgan fingerprint density at radius 1 is 1.10 bits per heavy atom. The molecule has 4 rings (SSSR count). The van der Waals surface area contributed by atoms with Gasteiger partial charge in [-0.2, -0.15) is 0 Å². The van der Waals surface area contributed by atoms with Gasteiger partial charge in [0.15, 0.2) is 5.16 Å². The number of carbonyl (C=O) groups excluding carboxylic acids is 1. The van der Waals surface area contributed by atoms with Crippen LogP contribution in [0.5, 0.6) is 5.75 Å². The first kappa shape index (κ1) is 21.2. The quantitative estimate of drug-likeness (QED) is 0.571. The number of hydrogen-bond acceptors (Lipinski definition) is 6. The van der Waals surface area contributed by atoms with Crippen LogP contribution in [0, 0.1) is 6.92 Å². The van der Waals surface area contributed by atoms with Crippen LogP contribution in [0.25, 0.3) is 5.69 Å². The number of methoxy groups -OCH3 is 1. The first-order valence-corrected chi connectivity index (χ1v) is 11.4. The number of ether oxygens (including phenoxy) is 1. The number of benzene rings is 2. The molecule has 0 spiro atoms. The van der Waals surface area contributed by atoms with Gasteiger partial charge >= 0.3 is 0 Å². The molecule has 162 valence electrons. The third kappa shape index (κ3) is 5.38. The first-order valence-electron chi connectivity index (χ1n) is 10.4. The van der Waals surface area contributed by atoms with E-state index in [1.165, 1.54) is 23.0 Å². The van der Waals surface area contributed by atoms with E-state index in [1.54, 1.807) is 13.4 Å². The monoisotopic (exact) mass is 437 g/mol. The fourth-order valence-corrected chi connectivity index (χ4v) is 4.42. The molecule has 0 saturated carbocycles. The standard InChI is InChI=1S/C23H27N5O2S/c1-17-3-5-20(6-4-17)28-16-24-26-23(28)31-15-22(29)25-18-11-13-27(14-12-18)19-7-9-21(30-2)10-8-19/h3-10,16,18H,11-15H2,1-2H3,(H,25,29). The summed E-state index contributed by atoms with van der Waals surface area (Å²) in [7, 11) is 1.67. The van der Waals surface area contributed by atoms with Crippen molar-refractivity contribution in [3.8, 4) is 11.4 Å². The lowest BCUT2D eigenvalue weighted by atomic mass is 10.0. The maximum absolute atomic E-state index is 12.5. The number of piperidine rings is 1. The maximum Gasteiger partial charge on any atom is 0.230 e. The Bertz CT molecular complexity index is 996. The van der Waals surface area contributed by atoms with Crippen molar-refractivity contribution < 1.29 is 9.53 Å². The Kier molecular flexibility index (Phi) is 6.76. The van der Waals surface area contributed by atoms with Gasteiger partial charge in [-0.05, 0) is 56.2 Å². The third-order valence-corrected chi connectivity index (χ3v) is 6.40. The number of aryl methyl sites for hydroxylation is 1. The average molecular weight is 438 g/mol. The van der Waals surface area contributed by atoms with Crippen LogP contribution >= 0.6 is 11.8 Å². The van der Waals surface area contributed by atoms with Gasteiger partial charge < -0.3 is 15.0 Å². The van der Waals surface area contributed by atoms with Gasteiger partial charge in [-0.25, -0.2) is 0 Å². The molecule has 0 atom stereocenters. The molecule has 1 aromatic heterocycles. The summed E-state index contributed by atoms with van der Waals surface area (Å²) in [6.45, 7) is 3.90. The number of aromatic nitrogens is 3. The SMILES string of the molecule is COc1ccc(N2CCC(NC(=O)CSc3nncn3-c3ccc(C)cc3)CC2)cc1.